The van der Waals surface area contributed by atoms with Crippen molar-refractivity contribution >= 4 is 35.9 Å². The van der Waals surface area contributed by atoms with Gasteiger partial charge in [0.05, 0.1) is 0 Å². The SMILES string of the molecule is Cc1cc(C)c([Se][Mg+])c(C)c1. The molecule has 0 N–H and O–H groups in total. The van der Waals surface area contributed by atoms with Crippen LogP contribution in [-0.2, 0) is 0 Å². The normalized spacial score (nSPS) is 10.3. The van der Waals surface area contributed by atoms with Crippen LogP contribution in [0.25, 0.3) is 0 Å². The van der Waals surface area contributed by atoms with Gasteiger partial charge >= 0.3 is 85.5 Å². The molecule has 0 aliphatic carbocycles. The second-order valence-electron chi connectivity index (χ2n) is 2.87. The van der Waals surface area contributed by atoms with Crippen LogP contribution < -0.4 is 4.46 Å². The van der Waals surface area contributed by atoms with Crippen LogP contribution >= 0.6 is 0 Å². The molecule has 0 spiro atoms. The molecular weight excluding hydrogens is 211 g/mol. The van der Waals surface area contributed by atoms with E-state index in [1.807, 2.05) is 0 Å². The summed E-state index contributed by atoms with van der Waals surface area (Å²) in [5, 5.41) is 0. The molecule has 0 unspecified atom stereocenters. The van der Waals surface area contributed by atoms with Crippen molar-refractivity contribution in [2.45, 2.75) is 20.8 Å². The van der Waals surface area contributed by atoms with E-state index in [4.69, 9.17) is 0 Å². The van der Waals surface area contributed by atoms with Crippen LogP contribution in [0.2, 0.25) is 0 Å². The molecule has 0 heterocycles. The summed E-state index contributed by atoms with van der Waals surface area (Å²) in [5.74, 6) is 0. The van der Waals surface area contributed by atoms with Crippen LogP contribution in [0, 0.1) is 20.8 Å². The second-order valence-corrected chi connectivity index (χ2v) is 5.83. The number of rotatable bonds is 1. The Balaban J connectivity index is 3.25. The average Bonchev–Trinajstić information content (AvgIpc) is 1.85. The third-order valence-electron chi connectivity index (χ3n) is 1.75. The summed E-state index contributed by atoms with van der Waals surface area (Å²) in [6.45, 7) is 6.59. The summed E-state index contributed by atoms with van der Waals surface area (Å²) in [5.41, 5.74) is 4.33. The molecule has 0 amide bonds. The Morgan fingerprint density at radius 1 is 1.09 bits per heavy atom. The molecule has 11 heavy (non-hydrogen) atoms. The van der Waals surface area contributed by atoms with Crippen LogP contribution in [0.1, 0.15) is 16.7 Å². The molecule has 0 atom stereocenters. The number of benzene rings is 1. The molecule has 1 aromatic rings. The van der Waals surface area contributed by atoms with Gasteiger partial charge in [0.1, 0.15) is 0 Å². The van der Waals surface area contributed by atoms with Gasteiger partial charge in [-0.2, -0.15) is 0 Å². The zero-order valence-corrected chi connectivity index (χ0v) is 10.4. The van der Waals surface area contributed by atoms with E-state index in [1.54, 1.807) is 4.46 Å². The monoisotopic (exact) mass is 223 g/mol. The summed E-state index contributed by atoms with van der Waals surface area (Å²) in [7, 11) is 0. The number of hydrogen-bond acceptors (Lipinski definition) is 0. The van der Waals surface area contributed by atoms with Gasteiger partial charge in [-0.15, -0.1) is 0 Å². The Hall–Kier alpha value is 0.506. The first-order valence-corrected chi connectivity index (χ1v) is 8.72. The predicted molar refractivity (Wildman–Crippen MR) is 51.8 cm³/mol. The first-order valence-electron chi connectivity index (χ1n) is 3.65. The fourth-order valence-corrected chi connectivity index (χ4v) is 4.96. The predicted octanol–water partition coefficient (Wildman–Crippen LogP) is 1.02. The zero-order valence-electron chi connectivity index (χ0n) is 7.27. The van der Waals surface area contributed by atoms with Crippen molar-refractivity contribution in [2.24, 2.45) is 0 Å². The molecule has 1 rings (SSSR count). The van der Waals surface area contributed by atoms with Crippen molar-refractivity contribution < 1.29 is 0 Å². The van der Waals surface area contributed by atoms with Crippen molar-refractivity contribution in [1.29, 1.82) is 0 Å². The summed E-state index contributed by atoms with van der Waals surface area (Å²) < 4.78 is 1.58. The minimum atomic E-state index is 0.669. The molecule has 0 saturated heterocycles. The van der Waals surface area contributed by atoms with Crippen molar-refractivity contribution in [2.75, 3.05) is 0 Å². The Kier molecular flexibility index (Phi) is 3.44. The molecule has 1 aromatic carbocycles. The molecule has 0 aliphatic rings. The average molecular weight is 222 g/mol. The van der Waals surface area contributed by atoms with Gasteiger partial charge in [0.25, 0.3) is 0 Å². The standard InChI is InChI=1S/C9H12Se.Mg/c1-6-4-7(2)9(10)8(3)5-6;/h4-5,10H,1-3H3;/q;+2/p-1. The van der Waals surface area contributed by atoms with E-state index in [2.05, 4.69) is 52.4 Å². The van der Waals surface area contributed by atoms with Gasteiger partial charge in [-0.1, -0.05) is 0 Å². The third kappa shape index (κ3) is 2.22. The first kappa shape index (κ1) is 9.59. The van der Waals surface area contributed by atoms with Gasteiger partial charge in [-0.25, -0.2) is 0 Å². The molecule has 0 nitrogen and oxygen atoms in total. The van der Waals surface area contributed by atoms with E-state index < -0.39 is 0 Å². The third-order valence-corrected chi connectivity index (χ3v) is 5.21. The molecule has 0 saturated carbocycles. The molecule has 0 radical (unpaired) electrons. The van der Waals surface area contributed by atoms with E-state index >= 15 is 0 Å². The van der Waals surface area contributed by atoms with Crippen LogP contribution in [0.3, 0.4) is 0 Å². The summed E-state index contributed by atoms with van der Waals surface area (Å²) in [4.78, 5) is 0. The molecule has 0 aromatic heterocycles. The zero-order chi connectivity index (χ0) is 8.43. The molecule has 54 valence electrons. The molecular formula is C9H11MgSe+. The van der Waals surface area contributed by atoms with Crippen molar-refractivity contribution in [3.05, 3.63) is 28.8 Å². The fraction of sp³-hybridized carbons (Fsp3) is 0.333. The van der Waals surface area contributed by atoms with E-state index in [-0.39, 0.29) is 0 Å². The van der Waals surface area contributed by atoms with Crippen LogP contribution in [0.4, 0.5) is 0 Å². The topological polar surface area (TPSA) is 0 Å². The Bertz CT molecular complexity index is 245. The molecule has 0 fully saturated rings. The number of aryl methyl sites for hydroxylation is 3. The number of hydrogen-bond donors (Lipinski definition) is 0. The van der Waals surface area contributed by atoms with Crippen molar-refractivity contribution in [3.63, 3.8) is 0 Å². The van der Waals surface area contributed by atoms with E-state index in [1.165, 1.54) is 16.7 Å². The maximum absolute atomic E-state index is 2.28. The molecule has 0 bridgehead atoms. The van der Waals surface area contributed by atoms with E-state index in [0.29, 0.717) is 11.9 Å². The maximum atomic E-state index is 2.28. The second kappa shape index (κ2) is 3.95. The van der Waals surface area contributed by atoms with E-state index in [0.717, 1.165) is 0 Å². The Morgan fingerprint density at radius 2 is 1.55 bits per heavy atom. The van der Waals surface area contributed by atoms with Gasteiger partial charge in [-0.05, 0) is 0 Å². The summed E-state index contributed by atoms with van der Waals surface area (Å²) >= 11 is 2.76. The van der Waals surface area contributed by atoms with Gasteiger partial charge in [0.2, 0.25) is 0 Å². The first-order chi connectivity index (χ1) is 5.15. The van der Waals surface area contributed by atoms with Gasteiger partial charge in [0, 0.05) is 0 Å². The quantitative estimate of drug-likeness (QED) is 0.623. The summed E-state index contributed by atoms with van der Waals surface area (Å²) in [6.07, 6.45) is 0. The minimum absolute atomic E-state index is 0.669. The summed E-state index contributed by atoms with van der Waals surface area (Å²) in [6, 6.07) is 4.55. The van der Waals surface area contributed by atoms with Crippen molar-refractivity contribution in [3.8, 4) is 0 Å². The van der Waals surface area contributed by atoms with Crippen LogP contribution in [0.5, 0.6) is 0 Å². The van der Waals surface area contributed by atoms with Gasteiger partial charge in [0.15, 0.2) is 0 Å². The van der Waals surface area contributed by atoms with Crippen LogP contribution in [0.15, 0.2) is 12.1 Å². The van der Waals surface area contributed by atoms with Crippen molar-refractivity contribution in [1.82, 2.24) is 0 Å². The Labute approximate surface area is 85.1 Å². The van der Waals surface area contributed by atoms with Gasteiger partial charge < -0.3 is 0 Å². The van der Waals surface area contributed by atoms with E-state index in [9.17, 15) is 0 Å². The Morgan fingerprint density at radius 3 is 1.91 bits per heavy atom. The van der Waals surface area contributed by atoms with Gasteiger partial charge in [-0.3, -0.25) is 0 Å². The van der Waals surface area contributed by atoms with Crippen LogP contribution in [-0.4, -0.2) is 31.4 Å². The fourth-order valence-electron chi connectivity index (χ4n) is 1.39. The molecule has 2 heteroatoms. The molecule has 0 aliphatic heterocycles.